The Bertz CT molecular complexity index is 306. The number of alkyl halides is 1. The van der Waals surface area contributed by atoms with Gasteiger partial charge in [0.1, 0.15) is 6.10 Å². The normalized spacial score (nSPS) is 18.5. The third-order valence-corrected chi connectivity index (χ3v) is 3.35. The van der Waals surface area contributed by atoms with E-state index < -0.39 is 0 Å². The number of aryl methyl sites for hydroxylation is 1. The van der Waals surface area contributed by atoms with E-state index in [4.69, 9.17) is 9.47 Å². The molecule has 2 nitrogen and oxygen atoms in total. The maximum Gasteiger partial charge on any atom is 0.105 e. The first-order valence-electron chi connectivity index (χ1n) is 5.15. The Morgan fingerprint density at radius 2 is 2.07 bits per heavy atom. The van der Waals surface area contributed by atoms with Gasteiger partial charge in [-0.3, -0.25) is 0 Å². The van der Waals surface area contributed by atoms with E-state index in [1.807, 2.05) is 0 Å². The van der Waals surface area contributed by atoms with Crippen molar-refractivity contribution in [1.82, 2.24) is 0 Å². The van der Waals surface area contributed by atoms with Crippen LogP contribution in [0.4, 0.5) is 0 Å². The van der Waals surface area contributed by atoms with Crippen molar-refractivity contribution in [2.75, 3.05) is 17.6 Å². The lowest BCUT2D eigenvalue weighted by Crippen LogP contribution is -2.37. The van der Waals surface area contributed by atoms with Crippen LogP contribution in [0.5, 0.6) is 0 Å². The highest BCUT2D eigenvalue weighted by atomic mass is 127. The number of halogens is 1. The van der Waals surface area contributed by atoms with Gasteiger partial charge in [-0.2, -0.15) is 0 Å². The molecule has 0 radical (unpaired) electrons. The molecular formula is C12H15IO2. The number of rotatable bonds is 4. The van der Waals surface area contributed by atoms with Gasteiger partial charge in [-0.1, -0.05) is 52.4 Å². The summed E-state index contributed by atoms with van der Waals surface area (Å²) < 4.78 is 12.0. The van der Waals surface area contributed by atoms with Crippen molar-refractivity contribution < 1.29 is 9.47 Å². The van der Waals surface area contributed by atoms with Crippen molar-refractivity contribution >= 4 is 22.6 Å². The van der Waals surface area contributed by atoms with Gasteiger partial charge in [0.2, 0.25) is 0 Å². The molecule has 15 heavy (non-hydrogen) atoms. The minimum absolute atomic E-state index is 0.208. The second kappa shape index (κ2) is 5.27. The van der Waals surface area contributed by atoms with Gasteiger partial charge < -0.3 is 9.47 Å². The van der Waals surface area contributed by atoms with Crippen LogP contribution < -0.4 is 0 Å². The maximum atomic E-state index is 5.93. The average molecular weight is 318 g/mol. The van der Waals surface area contributed by atoms with Gasteiger partial charge in [0, 0.05) is 4.43 Å². The molecule has 0 bridgehead atoms. The first-order valence-corrected chi connectivity index (χ1v) is 6.68. The van der Waals surface area contributed by atoms with Gasteiger partial charge in [0.05, 0.1) is 19.3 Å². The molecule has 3 heteroatoms. The fourth-order valence-electron chi connectivity index (χ4n) is 1.51. The summed E-state index contributed by atoms with van der Waals surface area (Å²) in [7, 11) is 0. The maximum absolute atomic E-state index is 5.93. The van der Waals surface area contributed by atoms with Crippen LogP contribution in [-0.4, -0.2) is 23.7 Å². The summed E-state index contributed by atoms with van der Waals surface area (Å²) in [5, 5.41) is 0. The Morgan fingerprint density at radius 3 is 2.53 bits per heavy atom. The second-order valence-electron chi connectivity index (χ2n) is 3.85. The molecule has 0 amide bonds. The van der Waals surface area contributed by atoms with Crippen LogP contribution in [0.1, 0.15) is 17.2 Å². The van der Waals surface area contributed by atoms with Crippen LogP contribution in [0.3, 0.4) is 0 Å². The predicted molar refractivity (Wildman–Crippen MR) is 68.5 cm³/mol. The molecule has 0 spiro atoms. The third-order valence-electron chi connectivity index (χ3n) is 2.55. The van der Waals surface area contributed by atoms with Gasteiger partial charge in [-0.15, -0.1) is 0 Å². The van der Waals surface area contributed by atoms with Gasteiger partial charge >= 0.3 is 0 Å². The SMILES string of the molecule is Cc1ccc(C(CI)OC2COC2)cc1. The molecule has 1 aromatic carbocycles. The van der Waals surface area contributed by atoms with Gasteiger partial charge in [0.15, 0.2) is 0 Å². The smallest absolute Gasteiger partial charge is 0.105 e. The molecule has 0 N–H and O–H groups in total. The Labute approximate surface area is 104 Å². The molecular weight excluding hydrogens is 303 g/mol. The van der Waals surface area contributed by atoms with E-state index in [-0.39, 0.29) is 6.10 Å². The van der Waals surface area contributed by atoms with E-state index in [0.717, 1.165) is 17.6 Å². The molecule has 0 aliphatic carbocycles. The molecule has 1 saturated heterocycles. The summed E-state index contributed by atoms with van der Waals surface area (Å²) >= 11 is 2.37. The molecule has 1 heterocycles. The summed E-state index contributed by atoms with van der Waals surface area (Å²) in [6.45, 7) is 3.60. The van der Waals surface area contributed by atoms with E-state index in [9.17, 15) is 0 Å². The lowest BCUT2D eigenvalue weighted by atomic mass is 10.1. The van der Waals surface area contributed by atoms with Crippen LogP contribution in [0.25, 0.3) is 0 Å². The van der Waals surface area contributed by atoms with Crippen molar-refractivity contribution in [3.05, 3.63) is 35.4 Å². The molecule has 82 valence electrons. The van der Waals surface area contributed by atoms with Crippen molar-refractivity contribution in [1.29, 1.82) is 0 Å². The van der Waals surface area contributed by atoms with E-state index in [0.29, 0.717) is 6.10 Å². The molecule has 1 fully saturated rings. The van der Waals surface area contributed by atoms with Crippen molar-refractivity contribution in [3.8, 4) is 0 Å². The number of ether oxygens (including phenoxy) is 2. The predicted octanol–water partition coefficient (Wildman–Crippen LogP) is 2.89. The first-order chi connectivity index (χ1) is 7.29. The minimum atomic E-state index is 0.208. The Hall–Kier alpha value is -0.130. The first kappa shape index (κ1) is 11.4. The largest absolute Gasteiger partial charge is 0.376 e. The zero-order chi connectivity index (χ0) is 10.7. The standard InChI is InChI=1S/C12H15IO2/c1-9-2-4-10(5-3-9)12(6-13)15-11-7-14-8-11/h2-5,11-12H,6-8H2,1H3. The van der Waals surface area contributed by atoms with Crippen LogP contribution in [0.2, 0.25) is 0 Å². The highest BCUT2D eigenvalue weighted by molar-refractivity contribution is 14.1. The monoisotopic (exact) mass is 318 g/mol. The second-order valence-corrected chi connectivity index (χ2v) is 4.73. The lowest BCUT2D eigenvalue weighted by molar-refractivity contribution is -0.150. The van der Waals surface area contributed by atoms with Gasteiger partial charge in [-0.25, -0.2) is 0 Å². The molecule has 1 aliphatic rings. The number of benzene rings is 1. The van der Waals surface area contributed by atoms with Crippen LogP contribution >= 0.6 is 22.6 Å². The molecule has 2 rings (SSSR count). The number of hydrogen-bond acceptors (Lipinski definition) is 2. The van der Waals surface area contributed by atoms with E-state index >= 15 is 0 Å². The highest BCUT2D eigenvalue weighted by Crippen LogP contribution is 2.24. The summed E-state index contributed by atoms with van der Waals surface area (Å²) in [5.74, 6) is 0. The molecule has 0 saturated carbocycles. The number of hydrogen-bond donors (Lipinski definition) is 0. The average Bonchev–Trinajstić information content (AvgIpc) is 2.19. The molecule has 1 unspecified atom stereocenters. The van der Waals surface area contributed by atoms with Gasteiger partial charge in [0.25, 0.3) is 0 Å². The quantitative estimate of drug-likeness (QED) is 0.628. The van der Waals surface area contributed by atoms with Crippen molar-refractivity contribution in [2.45, 2.75) is 19.1 Å². The Balaban J connectivity index is 2.01. The molecule has 1 aromatic rings. The fraction of sp³-hybridized carbons (Fsp3) is 0.500. The minimum Gasteiger partial charge on any atom is -0.376 e. The summed E-state index contributed by atoms with van der Waals surface area (Å²) in [5.41, 5.74) is 2.56. The van der Waals surface area contributed by atoms with Crippen molar-refractivity contribution in [2.24, 2.45) is 0 Å². The van der Waals surface area contributed by atoms with Crippen LogP contribution in [0.15, 0.2) is 24.3 Å². The summed E-state index contributed by atoms with van der Waals surface area (Å²) in [6.07, 6.45) is 0.506. The van der Waals surface area contributed by atoms with Crippen molar-refractivity contribution in [3.63, 3.8) is 0 Å². The fourth-order valence-corrected chi connectivity index (χ4v) is 2.23. The third kappa shape index (κ3) is 2.92. The van der Waals surface area contributed by atoms with E-state index in [2.05, 4.69) is 53.8 Å². The molecule has 1 atom stereocenters. The summed E-state index contributed by atoms with van der Waals surface area (Å²) in [6, 6.07) is 8.57. The summed E-state index contributed by atoms with van der Waals surface area (Å²) in [4.78, 5) is 0. The highest BCUT2D eigenvalue weighted by Gasteiger charge is 2.23. The lowest BCUT2D eigenvalue weighted by Gasteiger charge is -2.30. The Kier molecular flexibility index (Phi) is 3.99. The van der Waals surface area contributed by atoms with Gasteiger partial charge in [-0.05, 0) is 12.5 Å². The Morgan fingerprint density at radius 1 is 1.40 bits per heavy atom. The van der Waals surface area contributed by atoms with E-state index in [1.165, 1.54) is 11.1 Å². The molecule has 1 aliphatic heterocycles. The zero-order valence-electron chi connectivity index (χ0n) is 8.78. The molecule has 0 aromatic heterocycles. The zero-order valence-corrected chi connectivity index (χ0v) is 10.9. The topological polar surface area (TPSA) is 18.5 Å². The van der Waals surface area contributed by atoms with Crippen LogP contribution in [0, 0.1) is 6.92 Å². The van der Waals surface area contributed by atoms with E-state index in [1.54, 1.807) is 0 Å². The van der Waals surface area contributed by atoms with Crippen LogP contribution in [-0.2, 0) is 9.47 Å².